The van der Waals surface area contributed by atoms with Crippen LogP contribution < -0.4 is 10.1 Å². The fourth-order valence-corrected chi connectivity index (χ4v) is 2.44. The van der Waals surface area contributed by atoms with Crippen LogP contribution in [0.2, 0.25) is 0 Å². The molecule has 0 radical (unpaired) electrons. The third-order valence-electron chi connectivity index (χ3n) is 3.55. The summed E-state index contributed by atoms with van der Waals surface area (Å²) in [6.45, 7) is 8.92. The molecule has 1 aliphatic rings. The van der Waals surface area contributed by atoms with Crippen molar-refractivity contribution < 1.29 is 14.3 Å². The highest BCUT2D eigenvalue weighted by Gasteiger charge is 2.32. The Morgan fingerprint density at radius 1 is 1.33 bits per heavy atom. The Labute approximate surface area is 125 Å². The quantitative estimate of drug-likeness (QED) is 0.929. The predicted molar refractivity (Wildman–Crippen MR) is 82.0 cm³/mol. The molecule has 0 fully saturated rings. The minimum absolute atomic E-state index is 0.0418. The molecule has 1 N–H and O–H groups in total. The summed E-state index contributed by atoms with van der Waals surface area (Å²) in [6.07, 6.45) is 0.341. The van der Waals surface area contributed by atoms with Crippen molar-refractivity contribution in [3.63, 3.8) is 0 Å². The molecule has 1 aromatic carbocycles. The molecule has 2 rings (SSSR count). The largest absolute Gasteiger partial charge is 0.487 e. The van der Waals surface area contributed by atoms with Crippen molar-refractivity contribution in [1.82, 2.24) is 4.90 Å². The summed E-state index contributed by atoms with van der Waals surface area (Å²) in [5, 5.41) is 2.81. The van der Waals surface area contributed by atoms with Crippen LogP contribution in [0, 0.1) is 0 Å². The van der Waals surface area contributed by atoms with Crippen LogP contribution in [0.3, 0.4) is 0 Å². The molecule has 0 spiro atoms. The Morgan fingerprint density at radius 3 is 2.62 bits per heavy atom. The second-order valence-corrected chi connectivity index (χ2v) is 5.78. The molecule has 0 bridgehead atoms. The number of fused-ring (bicyclic) bond motifs is 1. The van der Waals surface area contributed by atoms with Gasteiger partial charge in [0.2, 0.25) is 0 Å². The van der Waals surface area contributed by atoms with Crippen LogP contribution in [0.5, 0.6) is 5.75 Å². The number of urea groups is 1. The molecule has 114 valence electrons. The van der Waals surface area contributed by atoms with Gasteiger partial charge in [0, 0.05) is 18.8 Å². The van der Waals surface area contributed by atoms with Crippen molar-refractivity contribution in [2.45, 2.75) is 39.7 Å². The number of amides is 2. The van der Waals surface area contributed by atoms with Crippen molar-refractivity contribution in [3.05, 3.63) is 23.8 Å². The number of carbonyl (C=O) groups excluding carboxylic acids is 2. The number of benzene rings is 1. The van der Waals surface area contributed by atoms with E-state index in [-0.39, 0.29) is 11.8 Å². The zero-order chi connectivity index (χ0) is 15.6. The minimum Gasteiger partial charge on any atom is -0.487 e. The normalized spacial score (nSPS) is 15.9. The fraction of sp³-hybridized carbons (Fsp3) is 0.500. The first kappa shape index (κ1) is 15.4. The van der Waals surface area contributed by atoms with Gasteiger partial charge < -0.3 is 15.0 Å². The average molecular weight is 290 g/mol. The van der Waals surface area contributed by atoms with Gasteiger partial charge in [0.15, 0.2) is 5.78 Å². The standard InChI is InChI=1S/C16H22N2O3/c1-5-18(6-2)15(20)17-11-7-8-14-12(9-11)13(19)10-16(3,4)21-14/h7-9H,5-6,10H2,1-4H3,(H,17,20). The topological polar surface area (TPSA) is 58.6 Å². The van der Waals surface area contributed by atoms with Crippen molar-refractivity contribution in [3.8, 4) is 5.75 Å². The number of ketones is 1. The average Bonchev–Trinajstić information content (AvgIpc) is 2.40. The summed E-state index contributed by atoms with van der Waals surface area (Å²) < 4.78 is 5.80. The number of nitrogens with one attached hydrogen (secondary N) is 1. The van der Waals surface area contributed by atoms with E-state index in [4.69, 9.17) is 4.74 Å². The van der Waals surface area contributed by atoms with Crippen LogP contribution in [0.4, 0.5) is 10.5 Å². The van der Waals surface area contributed by atoms with E-state index in [2.05, 4.69) is 5.32 Å². The fourth-order valence-electron chi connectivity index (χ4n) is 2.44. The van der Waals surface area contributed by atoms with Gasteiger partial charge in [0.25, 0.3) is 0 Å². The van der Waals surface area contributed by atoms with E-state index < -0.39 is 5.60 Å². The lowest BCUT2D eigenvalue weighted by Gasteiger charge is -2.31. The van der Waals surface area contributed by atoms with Gasteiger partial charge >= 0.3 is 6.03 Å². The van der Waals surface area contributed by atoms with Gasteiger partial charge in [0.1, 0.15) is 11.4 Å². The second kappa shape index (κ2) is 5.76. The van der Waals surface area contributed by atoms with Gasteiger partial charge in [-0.2, -0.15) is 0 Å². The Morgan fingerprint density at radius 2 is 2.00 bits per heavy atom. The molecular weight excluding hydrogens is 268 g/mol. The summed E-state index contributed by atoms with van der Waals surface area (Å²) in [7, 11) is 0. The lowest BCUT2D eigenvalue weighted by molar-refractivity contribution is 0.0620. The number of carbonyl (C=O) groups is 2. The number of nitrogens with zero attached hydrogens (tertiary/aromatic N) is 1. The summed E-state index contributed by atoms with van der Waals surface area (Å²) in [5.41, 5.74) is 0.671. The van der Waals surface area contributed by atoms with E-state index in [1.54, 1.807) is 23.1 Å². The number of Topliss-reactive ketones (excluding diaryl/α,β-unsaturated/α-hetero) is 1. The van der Waals surface area contributed by atoms with Gasteiger partial charge in [-0.1, -0.05) is 0 Å². The molecule has 2 amide bonds. The molecule has 0 unspecified atom stereocenters. The molecule has 0 atom stereocenters. The van der Waals surface area contributed by atoms with Crippen molar-refractivity contribution in [2.24, 2.45) is 0 Å². The maximum absolute atomic E-state index is 12.2. The Balaban J connectivity index is 2.20. The zero-order valence-electron chi connectivity index (χ0n) is 13.0. The summed E-state index contributed by atoms with van der Waals surface area (Å²) in [6, 6.07) is 5.03. The Kier molecular flexibility index (Phi) is 4.21. The van der Waals surface area contributed by atoms with E-state index >= 15 is 0 Å². The summed E-state index contributed by atoms with van der Waals surface area (Å²) >= 11 is 0. The van der Waals surface area contributed by atoms with Gasteiger partial charge in [-0.15, -0.1) is 0 Å². The zero-order valence-corrected chi connectivity index (χ0v) is 13.0. The third-order valence-corrected chi connectivity index (χ3v) is 3.55. The number of hydrogen-bond acceptors (Lipinski definition) is 3. The van der Waals surface area contributed by atoms with E-state index in [0.29, 0.717) is 36.5 Å². The highest BCUT2D eigenvalue weighted by atomic mass is 16.5. The molecule has 0 saturated carbocycles. The SMILES string of the molecule is CCN(CC)C(=O)Nc1ccc2c(c1)C(=O)CC(C)(C)O2. The minimum atomic E-state index is -0.476. The maximum atomic E-state index is 12.2. The first-order valence-corrected chi connectivity index (χ1v) is 7.28. The molecule has 1 aliphatic heterocycles. The van der Waals surface area contributed by atoms with Crippen LogP contribution in [0.15, 0.2) is 18.2 Å². The third kappa shape index (κ3) is 3.35. The van der Waals surface area contributed by atoms with Crippen molar-refractivity contribution in [1.29, 1.82) is 0 Å². The number of rotatable bonds is 3. The first-order valence-electron chi connectivity index (χ1n) is 7.28. The highest BCUT2D eigenvalue weighted by Crippen LogP contribution is 2.34. The Bertz CT molecular complexity index is 563. The van der Waals surface area contributed by atoms with Crippen LogP contribution in [0.1, 0.15) is 44.5 Å². The predicted octanol–water partition coefficient (Wildman–Crippen LogP) is 3.30. The van der Waals surface area contributed by atoms with Crippen LogP contribution in [-0.4, -0.2) is 35.4 Å². The highest BCUT2D eigenvalue weighted by molar-refractivity contribution is 6.02. The van der Waals surface area contributed by atoms with Gasteiger partial charge in [-0.3, -0.25) is 4.79 Å². The number of anilines is 1. The molecule has 1 heterocycles. The molecule has 0 aromatic heterocycles. The monoisotopic (exact) mass is 290 g/mol. The lowest BCUT2D eigenvalue weighted by atomic mass is 9.93. The summed E-state index contributed by atoms with van der Waals surface area (Å²) in [4.78, 5) is 25.9. The van der Waals surface area contributed by atoms with Crippen LogP contribution in [-0.2, 0) is 0 Å². The molecular formula is C16H22N2O3. The van der Waals surface area contributed by atoms with Gasteiger partial charge in [-0.05, 0) is 45.9 Å². The number of hydrogen-bond donors (Lipinski definition) is 1. The van der Waals surface area contributed by atoms with E-state index in [1.807, 2.05) is 27.7 Å². The lowest BCUT2D eigenvalue weighted by Crippen LogP contribution is -2.36. The van der Waals surface area contributed by atoms with Crippen molar-refractivity contribution >= 4 is 17.5 Å². The van der Waals surface area contributed by atoms with E-state index in [1.165, 1.54) is 0 Å². The summed E-state index contributed by atoms with van der Waals surface area (Å²) in [5.74, 6) is 0.622. The Hall–Kier alpha value is -2.04. The molecule has 5 nitrogen and oxygen atoms in total. The number of ether oxygens (including phenoxy) is 1. The molecule has 5 heteroatoms. The molecule has 0 aliphatic carbocycles. The smallest absolute Gasteiger partial charge is 0.321 e. The molecule has 0 saturated heterocycles. The van der Waals surface area contributed by atoms with E-state index in [0.717, 1.165) is 0 Å². The maximum Gasteiger partial charge on any atom is 0.321 e. The second-order valence-electron chi connectivity index (χ2n) is 5.78. The van der Waals surface area contributed by atoms with Crippen LogP contribution in [0.25, 0.3) is 0 Å². The van der Waals surface area contributed by atoms with Crippen molar-refractivity contribution in [2.75, 3.05) is 18.4 Å². The van der Waals surface area contributed by atoms with Crippen LogP contribution >= 0.6 is 0 Å². The molecule has 21 heavy (non-hydrogen) atoms. The molecule has 1 aromatic rings. The van der Waals surface area contributed by atoms with E-state index in [9.17, 15) is 9.59 Å². The first-order chi connectivity index (χ1) is 9.86. The van der Waals surface area contributed by atoms with Gasteiger partial charge in [0.05, 0.1) is 12.0 Å². The van der Waals surface area contributed by atoms with Gasteiger partial charge in [-0.25, -0.2) is 4.79 Å².